The molecule has 0 fully saturated rings. The van der Waals surface area contributed by atoms with Crippen LogP contribution in [0, 0.1) is 0 Å². The van der Waals surface area contributed by atoms with E-state index in [0.717, 1.165) is 32.2 Å². The van der Waals surface area contributed by atoms with Gasteiger partial charge in [-0.25, -0.2) is 0 Å². The smallest absolute Gasteiger partial charge is 0.143 e. The lowest BCUT2D eigenvalue weighted by molar-refractivity contribution is 0.670. The van der Waals surface area contributed by atoms with Crippen LogP contribution in [0.25, 0.3) is 77.2 Å². The molecular weight excluding hydrogens is 655 g/mol. The number of nitrogens with zero attached hydrogens (tertiary/aromatic N) is 1. The Hall–Kier alpha value is -7.16. The molecule has 10 aromatic rings. The maximum atomic E-state index is 9.59. The second kappa shape index (κ2) is 13.4. The monoisotopic (exact) mass is 701 g/mol. The summed E-state index contributed by atoms with van der Waals surface area (Å²) in [5.74, 6) is 0. The normalized spacial score (nSPS) is 14.4. The molecule has 0 N–H and O–H groups in total. The largest absolute Gasteiger partial charge is 0.455 e. The lowest BCUT2D eigenvalue weighted by atomic mass is 9.95. The average molecular weight is 702 g/mol. The Bertz CT molecular complexity index is 3550. The molecule has 0 radical (unpaired) electrons. The minimum absolute atomic E-state index is 0.0517. The Balaban J connectivity index is 1.24. The van der Waals surface area contributed by atoms with Gasteiger partial charge >= 0.3 is 0 Å². The molecule has 9 aromatic carbocycles. The number of hydrogen-bond acceptors (Lipinski definition) is 2. The van der Waals surface area contributed by atoms with Gasteiger partial charge in [0.25, 0.3) is 0 Å². The summed E-state index contributed by atoms with van der Waals surface area (Å²) in [5.41, 5.74) is 1.47. The summed E-state index contributed by atoms with van der Waals surface area (Å²) in [6.45, 7) is 0. The van der Waals surface area contributed by atoms with Gasteiger partial charge in [0.15, 0.2) is 0 Å². The fraction of sp³-hybridized carbons (Fsp3) is 0. The van der Waals surface area contributed by atoms with E-state index in [2.05, 4.69) is 0 Å². The van der Waals surface area contributed by atoms with E-state index in [4.69, 9.17) is 4.42 Å². The van der Waals surface area contributed by atoms with E-state index >= 15 is 0 Å². The third-order valence-corrected chi connectivity index (χ3v) is 9.49. The molecular formula is C52H35NO. The average Bonchev–Trinajstić information content (AvgIpc) is 3.72. The van der Waals surface area contributed by atoms with Gasteiger partial charge in [0.05, 0.1) is 16.4 Å². The molecule has 54 heavy (non-hydrogen) atoms. The van der Waals surface area contributed by atoms with Crippen molar-refractivity contribution >= 4 is 49.8 Å². The lowest BCUT2D eigenvalue weighted by Crippen LogP contribution is -2.09. The van der Waals surface area contributed by atoms with E-state index in [0.29, 0.717) is 27.7 Å². The molecule has 0 aliphatic carbocycles. The fourth-order valence-electron chi connectivity index (χ4n) is 6.88. The predicted octanol–water partition coefficient (Wildman–Crippen LogP) is 14.9. The quantitative estimate of drug-likeness (QED) is 0.164. The SMILES string of the molecule is [2H]c1c([2H])c(N(c2c([2H])c([2H])c(-c3cccc(-c4cccc5ccccc45)c3)c([2H])c2[2H])c2c([2H])c([2H])c(-c3cccc4c3oc3ccccc34)c([2H])c2[2H])c([2H])c([2H])c1-c1ccccc1. The third-order valence-electron chi connectivity index (χ3n) is 9.49. The van der Waals surface area contributed by atoms with Crippen molar-refractivity contribution in [2.24, 2.45) is 0 Å². The van der Waals surface area contributed by atoms with E-state index in [9.17, 15) is 16.4 Å². The number of hydrogen-bond donors (Lipinski definition) is 0. The standard InChI is InChI=1S/C52H35NO/c1-2-11-36(12-3-1)37-23-29-43(30-24-37)53(45-33-27-40(28-34-45)48-20-10-21-50-49-18-6-7-22-51(49)54-52(48)50)44-31-25-38(26-32-44)41-15-8-16-42(35-41)47-19-9-14-39-13-4-5-17-46(39)47/h1-35H/i23D,24D,25D,26D,27D,28D,29D,30D,31D,32D,33D,34D. The number of anilines is 3. The number of benzene rings is 9. The highest BCUT2D eigenvalue weighted by molar-refractivity contribution is 6.09. The second-order valence-corrected chi connectivity index (χ2v) is 12.8. The molecule has 0 saturated heterocycles. The van der Waals surface area contributed by atoms with Gasteiger partial charge < -0.3 is 9.32 Å². The van der Waals surface area contributed by atoms with Crippen molar-refractivity contribution in [2.45, 2.75) is 0 Å². The van der Waals surface area contributed by atoms with Crippen molar-refractivity contribution in [3.05, 3.63) is 212 Å². The molecule has 0 atom stereocenters. The topological polar surface area (TPSA) is 16.4 Å². The first-order valence-electron chi connectivity index (χ1n) is 23.5. The second-order valence-electron chi connectivity index (χ2n) is 12.8. The maximum absolute atomic E-state index is 9.59. The number of fused-ring (bicyclic) bond motifs is 4. The van der Waals surface area contributed by atoms with Crippen LogP contribution in [0.5, 0.6) is 0 Å². The van der Waals surface area contributed by atoms with Gasteiger partial charge in [0, 0.05) is 33.4 Å². The summed E-state index contributed by atoms with van der Waals surface area (Å²) >= 11 is 0. The van der Waals surface area contributed by atoms with Crippen molar-refractivity contribution < 1.29 is 20.9 Å². The van der Waals surface area contributed by atoms with Crippen LogP contribution in [0.15, 0.2) is 216 Å². The molecule has 0 saturated carbocycles. The highest BCUT2D eigenvalue weighted by atomic mass is 16.3. The highest BCUT2D eigenvalue weighted by Crippen LogP contribution is 2.40. The number of furan rings is 1. The Morgan fingerprint density at radius 3 is 1.59 bits per heavy atom. The molecule has 0 unspecified atom stereocenters. The zero-order valence-corrected chi connectivity index (χ0v) is 28.6. The molecule has 0 amide bonds. The Kier molecular flexibility index (Phi) is 5.32. The first-order valence-corrected chi connectivity index (χ1v) is 17.5. The number of para-hydroxylation sites is 2. The van der Waals surface area contributed by atoms with Crippen LogP contribution in [0.4, 0.5) is 17.1 Å². The molecule has 0 spiro atoms. The molecule has 0 bridgehead atoms. The van der Waals surface area contributed by atoms with Crippen LogP contribution in [0.3, 0.4) is 0 Å². The van der Waals surface area contributed by atoms with Gasteiger partial charge in [-0.05, 0) is 98.1 Å². The maximum Gasteiger partial charge on any atom is 0.143 e. The molecule has 254 valence electrons. The Morgan fingerprint density at radius 2 is 0.852 bits per heavy atom. The fourth-order valence-corrected chi connectivity index (χ4v) is 6.88. The molecule has 2 nitrogen and oxygen atoms in total. The molecule has 1 aromatic heterocycles. The van der Waals surface area contributed by atoms with Crippen molar-refractivity contribution in [2.75, 3.05) is 4.90 Å². The summed E-state index contributed by atoms with van der Waals surface area (Å²) in [7, 11) is 0. The highest BCUT2D eigenvalue weighted by Gasteiger charge is 2.16. The van der Waals surface area contributed by atoms with Crippen LogP contribution in [0.2, 0.25) is 0 Å². The molecule has 0 aliphatic heterocycles. The molecule has 2 heteroatoms. The van der Waals surface area contributed by atoms with Gasteiger partial charge in [-0.1, -0.05) is 164 Å². The van der Waals surface area contributed by atoms with E-state index in [-0.39, 0.29) is 22.3 Å². The minimum atomic E-state index is -0.702. The van der Waals surface area contributed by atoms with E-state index < -0.39 is 89.6 Å². The first-order chi connectivity index (χ1) is 31.8. The van der Waals surface area contributed by atoms with Crippen molar-refractivity contribution in [3.63, 3.8) is 0 Å². The molecule has 0 aliphatic rings. The summed E-state index contributed by atoms with van der Waals surface area (Å²) in [4.78, 5) is 0.832. The zero-order valence-electron chi connectivity index (χ0n) is 40.6. The van der Waals surface area contributed by atoms with Crippen LogP contribution in [-0.2, 0) is 0 Å². The molecule has 10 rings (SSSR count). The number of rotatable bonds is 7. The summed E-state index contributed by atoms with van der Waals surface area (Å²) in [5, 5.41) is 3.44. The summed E-state index contributed by atoms with van der Waals surface area (Å²) < 4.78 is 120. The van der Waals surface area contributed by atoms with E-state index in [1.54, 1.807) is 66.7 Å². The van der Waals surface area contributed by atoms with Gasteiger partial charge in [-0.15, -0.1) is 0 Å². The van der Waals surface area contributed by atoms with Crippen molar-refractivity contribution in [1.29, 1.82) is 0 Å². The third kappa shape index (κ3) is 5.71. The van der Waals surface area contributed by atoms with Crippen LogP contribution in [-0.4, -0.2) is 0 Å². The van der Waals surface area contributed by atoms with Gasteiger partial charge in [-0.3, -0.25) is 0 Å². The minimum Gasteiger partial charge on any atom is -0.455 e. The predicted molar refractivity (Wildman–Crippen MR) is 228 cm³/mol. The van der Waals surface area contributed by atoms with Crippen molar-refractivity contribution in [1.82, 2.24) is 0 Å². The van der Waals surface area contributed by atoms with Gasteiger partial charge in [-0.2, -0.15) is 0 Å². The van der Waals surface area contributed by atoms with Crippen LogP contribution in [0.1, 0.15) is 16.4 Å². The van der Waals surface area contributed by atoms with Crippen molar-refractivity contribution in [3.8, 4) is 44.5 Å². The zero-order chi connectivity index (χ0) is 46.3. The Morgan fingerprint density at radius 1 is 0.352 bits per heavy atom. The van der Waals surface area contributed by atoms with Gasteiger partial charge in [0.2, 0.25) is 0 Å². The van der Waals surface area contributed by atoms with Crippen LogP contribution >= 0.6 is 0 Å². The summed E-state index contributed by atoms with van der Waals surface area (Å²) in [6, 6.07) is 34.4. The summed E-state index contributed by atoms with van der Waals surface area (Å²) in [6.07, 6.45) is 0. The van der Waals surface area contributed by atoms with Crippen LogP contribution < -0.4 is 4.90 Å². The first kappa shape index (κ1) is 21.4. The van der Waals surface area contributed by atoms with E-state index in [1.165, 1.54) is 0 Å². The van der Waals surface area contributed by atoms with Gasteiger partial charge in [0.1, 0.15) is 11.2 Å². The molecule has 1 heterocycles. The lowest BCUT2D eigenvalue weighted by Gasteiger charge is -2.26. The Labute approximate surface area is 331 Å². The van der Waals surface area contributed by atoms with E-state index in [1.807, 2.05) is 72.8 Å².